The van der Waals surface area contributed by atoms with Crippen LogP contribution in [0.3, 0.4) is 0 Å². The molecule has 6 nitrogen and oxygen atoms in total. The van der Waals surface area contributed by atoms with Gasteiger partial charge in [-0.1, -0.05) is 30.3 Å². The highest BCUT2D eigenvalue weighted by Crippen LogP contribution is 2.33. The van der Waals surface area contributed by atoms with Crippen molar-refractivity contribution in [2.75, 3.05) is 13.1 Å². The zero-order chi connectivity index (χ0) is 22.2. The normalized spacial score (nSPS) is 16.4. The van der Waals surface area contributed by atoms with Crippen LogP contribution in [0.25, 0.3) is 15.9 Å². The predicted octanol–water partition coefficient (Wildman–Crippen LogP) is 4.69. The lowest BCUT2D eigenvalue weighted by molar-refractivity contribution is -0.127. The second kappa shape index (κ2) is 8.31. The topological polar surface area (TPSA) is 68.1 Å². The lowest BCUT2D eigenvalue weighted by atomic mass is 9.97. The standard InChI is InChI=1S/C25H24N4O2S/c1-16-22(17(2)29(27-16)19-10-4-3-5-11-19)23(30)25(31)28-14-8-9-18(15-28)24-26-20-12-6-7-13-21(20)32-24/h3-7,10-13,18H,8-9,14-15H2,1-2H3/t18-/m1/s1. The molecule has 5 rings (SSSR count). The number of Topliss-reactive ketones (excluding diaryl/α,β-unsaturated/α-hetero) is 1. The lowest BCUT2D eigenvalue weighted by Crippen LogP contribution is -2.43. The summed E-state index contributed by atoms with van der Waals surface area (Å²) in [5, 5.41) is 5.57. The van der Waals surface area contributed by atoms with Crippen LogP contribution in [0.1, 0.15) is 45.5 Å². The molecule has 4 aromatic rings. The van der Waals surface area contributed by atoms with Crippen molar-refractivity contribution in [3.05, 3.63) is 76.6 Å². The van der Waals surface area contributed by atoms with Gasteiger partial charge in [0.2, 0.25) is 0 Å². The van der Waals surface area contributed by atoms with Gasteiger partial charge in [-0.15, -0.1) is 11.3 Å². The largest absolute Gasteiger partial charge is 0.335 e. The minimum absolute atomic E-state index is 0.159. The molecule has 0 bridgehead atoms. The molecule has 1 fully saturated rings. The summed E-state index contributed by atoms with van der Waals surface area (Å²) in [6, 6.07) is 17.7. The first-order valence-electron chi connectivity index (χ1n) is 10.8. The Kier molecular flexibility index (Phi) is 5.35. The summed E-state index contributed by atoms with van der Waals surface area (Å²) in [5.74, 6) is -0.770. The van der Waals surface area contributed by atoms with Gasteiger partial charge in [0, 0.05) is 19.0 Å². The highest BCUT2D eigenvalue weighted by atomic mass is 32.1. The van der Waals surface area contributed by atoms with Gasteiger partial charge in [-0.3, -0.25) is 9.59 Å². The maximum atomic E-state index is 13.3. The first-order valence-corrected chi connectivity index (χ1v) is 11.7. The molecule has 3 heterocycles. The van der Waals surface area contributed by atoms with E-state index in [1.54, 1.807) is 27.8 Å². The van der Waals surface area contributed by atoms with Gasteiger partial charge in [0.1, 0.15) is 0 Å². The first-order chi connectivity index (χ1) is 15.5. The summed E-state index contributed by atoms with van der Waals surface area (Å²) in [6.45, 7) is 4.74. The third-order valence-electron chi connectivity index (χ3n) is 6.08. The fourth-order valence-corrected chi connectivity index (χ4v) is 5.56. The number of amides is 1. The summed E-state index contributed by atoms with van der Waals surface area (Å²) in [6.07, 6.45) is 1.84. The van der Waals surface area contributed by atoms with Gasteiger partial charge in [0.15, 0.2) is 0 Å². The molecule has 1 amide bonds. The molecular weight excluding hydrogens is 420 g/mol. The summed E-state index contributed by atoms with van der Waals surface area (Å²) in [5.41, 5.74) is 3.53. The van der Waals surface area contributed by atoms with Crippen LogP contribution < -0.4 is 0 Å². The summed E-state index contributed by atoms with van der Waals surface area (Å²) < 4.78 is 2.89. The van der Waals surface area contributed by atoms with E-state index in [9.17, 15) is 9.59 Å². The Hall–Kier alpha value is -3.32. The zero-order valence-electron chi connectivity index (χ0n) is 18.1. The number of carbonyl (C=O) groups excluding carboxylic acids is 2. The van der Waals surface area contributed by atoms with E-state index in [0.717, 1.165) is 33.8 Å². The molecule has 1 aliphatic heterocycles. The summed E-state index contributed by atoms with van der Waals surface area (Å²) >= 11 is 1.68. The minimum atomic E-state index is -0.480. The maximum Gasteiger partial charge on any atom is 0.295 e. The number of hydrogen-bond acceptors (Lipinski definition) is 5. The fraction of sp³-hybridized carbons (Fsp3) is 0.280. The van der Waals surface area contributed by atoms with Crippen LogP contribution in [-0.2, 0) is 4.79 Å². The van der Waals surface area contributed by atoms with E-state index in [1.165, 1.54) is 0 Å². The van der Waals surface area contributed by atoms with Gasteiger partial charge < -0.3 is 4.90 Å². The van der Waals surface area contributed by atoms with Crippen LogP contribution in [0, 0.1) is 13.8 Å². The molecule has 1 saturated heterocycles. The van der Waals surface area contributed by atoms with E-state index < -0.39 is 11.7 Å². The number of fused-ring (bicyclic) bond motifs is 1. The average molecular weight is 445 g/mol. The van der Waals surface area contributed by atoms with Crippen molar-refractivity contribution in [1.82, 2.24) is 19.7 Å². The Balaban J connectivity index is 1.38. The number of para-hydroxylation sites is 2. The second-order valence-electron chi connectivity index (χ2n) is 8.23. The van der Waals surface area contributed by atoms with E-state index in [2.05, 4.69) is 11.2 Å². The summed E-state index contributed by atoms with van der Waals surface area (Å²) in [7, 11) is 0. The Morgan fingerprint density at radius 3 is 2.56 bits per heavy atom. The molecule has 0 saturated carbocycles. The Morgan fingerprint density at radius 2 is 1.78 bits per heavy atom. The van der Waals surface area contributed by atoms with E-state index in [-0.39, 0.29) is 5.92 Å². The van der Waals surface area contributed by atoms with Gasteiger partial charge in [-0.05, 0) is 51.0 Å². The molecule has 162 valence electrons. The second-order valence-corrected chi connectivity index (χ2v) is 9.29. The van der Waals surface area contributed by atoms with Crippen LogP contribution in [0.4, 0.5) is 0 Å². The number of piperidine rings is 1. The SMILES string of the molecule is Cc1nn(-c2ccccc2)c(C)c1C(=O)C(=O)N1CCC[C@@H](c2nc3ccccc3s2)C1. The predicted molar refractivity (Wildman–Crippen MR) is 126 cm³/mol. The van der Waals surface area contributed by atoms with E-state index >= 15 is 0 Å². The van der Waals surface area contributed by atoms with E-state index in [1.807, 2.05) is 55.5 Å². The third kappa shape index (κ3) is 3.62. The van der Waals surface area contributed by atoms with Crippen LogP contribution in [0.15, 0.2) is 54.6 Å². The van der Waals surface area contributed by atoms with Crippen LogP contribution >= 0.6 is 11.3 Å². The van der Waals surface area contributed by atoms with Crippen LogP contribution in [-0.4, -0.2) is 44.4 Å². The monoisotopic (exact) mass is 444 g/mol. The number of thiazole rings is 1. The van der Waals surface area contributed by atoms with E-state index in [0.29, 0.717) is 30.0 Å². The smallest absolute Gasteiger partial charge is 0.295 e. The molecule has 2 aromatic heterocycles. The molecule has 0 spiro atoms. The summed E-state index contributed by atoms with van der Waals surface area (Å²) in [4.78, 5) is 33.0. The molecule has 0 aliphatic carbocycles. The zero-order valence-corrected chi connectivity index (χ0v) is 18.9. The number of rotatable bonds is 4. The van der Waals surface area contributed by atoms with Gasteiger partial charge >= 0.3 is 0 Å². The van der Waals surface area contributed by atoms with Crippen LogP contribution in [0.2, 0.25) is 0 Å². The van der Waals surface area contributed by atoms with E-state index in [4.69, 9.17) is 4.98 Å². The number of carbonyl (C=O) groups is 2. The van der Waals surface area contributed by atoms with Gasteiger partial charge in [-0.2, -0.15) is 5.10 Å². The Morgan fingerprint density at radius 1 is 1.03 bits per heavy atom. The molecular formula is C25H24N4O2S. The number of aryl methyl sites for hydroxylation is 1. The molecule has 0 radical (unpaired) electrons. The Bertz CT molecular complexity index is 1280. The highest BCUT2D eigenvalue weighted by Gasteiger charge is 2.33. The molecule has 32 heavy (non-hydrogen) atoms. The fourth-order valence-electron chi connectivity index (χ4n) is 4.47. The number of nitrogens with zero attached hydrogens (tertiary/aromatic N) is 4. The quantitative estimate of drug-likeness (QED) is 0.338. The van der Waals surface area contributed by atoms with Crippen molar-refractivity contribution in [2.24, 2.45) is 0 Å². The van der Waals surface area contributed by atoms with Gasteiger partial charge in [0.05, 0.1) is 37.9 Å². The lowest BCUT2D eigenvalue weighted by Gasteiger charge is -2.31. The number of benzene rings is 2. The molecule has 0 unspecified atom stereocenters. The molecule has 2 aromatic carbocycles. The number of likely N-dealkylation sites (tertiary alicyclic amines) is 1. The first kappa shape index (κ1) is 20.6. The number of hydrogen-bond donors (Lipinski definition) is 0. The molecule has 1 aliphatic rings. The van der Waals surface area contributed by atoms with Crippen molar-refractivity contribution in [3.63, 3.8) is 0 Å². The minimum Gasteiger partial charge on any atom is -0.335 e. The van der Waals surface area contributed by atoms with Crippen molar-refractivity contribution >= 4 is 33.2 Å². The van der Waals surface area contributed by atoms with Gasteiger partial charge in [0.25, 0.3) is 11.7 Å². The number of aromatic nitrogens is 3. The Labute approximate surface area is 190 Å². The average Bonchev–Trinajstić information content (AvgIpc) is 3.39. The van der Waals surface area contributed by atoms with Gasteiger partial charge in [-0.25, -0.2) is 9.67 Å². The highest BCUT2D eigenvalue weighted by molar-refractivity contribution is 7.18. The molecule has 0 N–H and O–H groups in total. The van der Waals surface area contributed by atoms with Crippen LogP contribution in [0.5, 0.6) is 0 Å². The number of ketones is 1. The van der Waals surface area contributed by atoms with Crippen molar-refractivity contribution < 1.29 is 9.59 Å². The third-order valence-corrected chi connectivity index (χ3v) is 7.28. The van der Waals surface area contributed by atoms with Crippen molar-refractivity contribution in [2.45, 2.75) is 32.6 Å². The van der Waals surface area contributed by atoms with Crippen molar-refractivity contribution in [3.8, 4) is 5.69 Å². The molecule has 7 heteroatoms. The van der Waals surface area contributed by atoms with Crippen molar-refractivity contribution in [1.29, 1.82) is 0 Å². The molecule has 1 atom stereocenters. The maximum absolute atomic E-state index is 13.3.